The number of aromatic nitrogens is 6. The number of nitrogens with zero attached hydrogens (tertiary/aromatic N) is 5. The Labute approximate surface area is 171 Å². The minimum absolute atomic E-state index is 0.245. The molecule has 0 aliphatic rings. The standard InChI is InChI=1S/C20H23N7O3/c1-2-3-7-12-26-17-16(21-13-22-17)18(28)27-15(24-25-20(26)27)10-11-23-30-19(29)14-8-5-4-6-9-14/h4-6,8-9,13,23H,2-3,7,10-12H2,1H3,(H,21,22). The first-order valence-electron chi connectivity index (χ1n) is 9.99. The maximum absolute atomic E-state index is 12.9. The number of rotatable bonds is 9. The number of nitrogens with one attached hydrogen (secondary N) is 2. The number of H-pyrrole nitrogens is 1. The quantitative estimate of drug-likeness (QED) is 0.320. The molecule has 0 bridgehead atoms. The molecule has 156 valence electrons. The second-order valence-corrected chi connectivity index (χ2v) is 6.92. The number of carbonyl (C=O) groups is 1. The fraction of sp³-hybridized carbons (Fsp3) is 0.350. The fourth-order valence-electron chi connectivity index (χ4n) is 3.35. The number of hydrogen-bond donors (Lipinski definition) is 2. The van der Waals surface area contributed by atoms with Gasteiger partial charge in [0.25, 0.3) is 5.56 Å². The Bertz CT molecular complexity index is 1210. The van der Waals surface area contributed by atoms with Gasteiger partial charge >= 0.3 is 5.97 Å². The first-order valence-corrected chi connectivity index (χ1v) is 9.99. The minimum atomic E-state index is -0.473. The summed E-state index contributed by atoms with van der Waals surface area (Å²) in [5.74, 6) is 0.477. The predicted molar refractivity (Wildman–Crippen MR) is 110 cm³/mol. The van der Waals surface area contributed by atoms with Gasteiger partial charge in [0.1, 0.15) is 11.3 Å². The highest BCUT2D eigenvalue weighted by molar-refractivity contribution is 5.89. The van der Waals surface area contributed by atoms with Crippen LogP contribution in [0.2, 0.25) is 0 Å². The van der Waals surface area contributed by atoms with E-state index in [-0.39, 0.29) is 12.1 Å². The predicted octanol–water partition coefficient (Wildman–Crippen LogP) is 1.86. The number of carbonyl (C=O) groups excluding carboxylic acids is 1. The molecule has 1 aromatic carbocycles. The summed E-state index contributed by atoms with van der Waals surface area (Å²) in [7, 11) is 0. The van der Waals surface area contributed by atoms with Gasteiger partial charge < -0.3 is 9.82 Å². The van der Waals surface area contributed by atoms with E-state index in [9.17, 15) is 9.59 Å². The Morgan fingerprint density at radius 1 is 1.20 bits per heavy atom. The third-order valence-electron chi connectivity index (χ3n) is 4.86. The van der Waals surface area contributed by atoms with Crippen LogP contribution < -0.4 is 11.0 Å². The van der Waals surface area contributed by atoms with E-state index in [2.05, 4.69) is 32.6 Å². The van der Waals surface area contributed by atoms with Gasteiger partial charge in [0.15, 0.2) is 5.65 Å². The summed E-state index contributed by atoms with van der Waals surface area (Å²) < 4.78 is 3.41. The van der Waals surface area contributed by atoms with Crippen molar-refractivity contribution in [3.63, 3.8) is 0 Å². The van der Waals surface area contributed by atoms with Crippen molar-refractivity contribution in [1.29, 1.82) is 0 Å². The highest BCUT2D eigenvalue weighted by Gasteiger charge is 2.18. The number of aryl methyl sites for hydroxylation is 1. The molecule has 0 unspecified atom stereocenters. The molecule has 0 radical (unpaired) electrons. The number of benzene rings is 1. The zero-order valence-corrected chi connectivity index (χ0v) is 16.7. The van der Waals surface area contributed by atoms with E-state index >= 15 is 0 Å². The van der Waals surface area contributed by atoms with Crippen LogP contribution >= 0.6 is 0 Å². The molecule has 0 fully saturated rings. The summed E-state index contributed by atoms with van der Waals surface area (Å²) in [6.45, 7) is 3.12. The molecule has 10 heteroatoms. The van der Waals surface area contributed by atoms with E-state index in [0.717, 1.165) is 19.3 Å². The topological polar surface area (TPSA) is 119 Å². The third kappa shape index (κ3) is 3.81. The second kappa shape index (κ2) is 8.87. The molecule has 0 atom stereocenters. The Morgan fingerprint density at radius 2 is 2.03 bits per heavy atom. The van der Waals surface area contributed by atoms with Gasteiger partial charge in [0, 0.05) is 19.5 Å². The molecule has 4 aromatic rings. The van der Waals surface area contributed by atoms with Crippen molar-refractivity contribution in [3.8, 4) is 0 Å². The number of fused-ring (bicyclic) bond motifs is 2. The average Bonchev–Trinajstić information content (AvgIpc) is 3.42. The molecular formula is C20H23N7O3. The van der Waals surface area contributed by atoms with Crippen molar-refractivity contribution < 1.29 is 9.63 Å². The summed E-state index contributed by atoms with van der Waals surface area (Å²) in [5.41, 5.74) is 3.84. The lowest BCUT2D eigenvalue weighted by Crippen LogP contribution is -2.25. The van der Waals surface area contributed by atoms with Crippen LogP contribution in [0.5, 0.6) is 0 Å². The van der Waals surface area contributed by atoms with Crippen LogP contribution in [0.1, 0.15) is 42.4 Å². The van der Waals surface area contributed by atoms with Crippen molar-refractivity contribution in [3.05, 3.63) is 58.4 Å². The highest BCUT2D eigenvalue weighted by Crippen LogP contribution is 2.12. The van der Waals surface area contributed by atoms with Crippen LogP contribution in [0.25, 0.3) is 16.9 Å². The maximum Gasteiger partial charge on any atom is 0.356 e. The van der Waals surface area contributed by atoms with Gasteiger partial charge in [-0.15, -0.1) is 10.2 Å². The lowest BCUT2D eigenvalue weighted by molar-refractivity contribution is 0.0255. The first kappa shape index (κ1) is 19.8. The second-order valence-electron chi connectivity index (χ2n) is 6.92. The number of imidazole rings is 1. The van der Waals surface area contributed by atoms with E-state index in [1.807, 2.05) is 10.6 Å². The molecule has 0 aliphatic carbocycles. The van der Waals surface area contributed by atoms with Gasteiger partial charge in [-0.25, -0.2) is 14.2 Å². The maximum atomic E-state index is 12.9. The zero-order valence-electron chi connectivity index (χ0n) is 16.7. The molecule has 3 aromatic heterocycles. The molecule has 0 spiro atoms. The lowest BCUT2D eigenvalue weighted by atomic mass is 10.2. The highest BCUT2D eigenvalue weighted by atomic mass is 16.7. The summed E-state index contributed by atoms with van der Waals surface area (Å²) >= 11 is 0. The number of hydroxylamine groups is 1. The van der Waals surface area contributed by atoms with Crippen LogP contribution in [0, 0.1) is 0 Å². The molecule has 0 saturated heterocycles. The third-order valence-corrected chi connectivity index (χ3v) is 4.86. The summed E-state index contributed by atoms with van der Waals surface area (Å²) in [6, 6.07) is 8.70. The zero-order chi connectivity index (χ0) is 20.9. The van der Waals surface area contributed by atoms with Gasteiger partial charge in [-0.1, -0.05) is 38.0 Å². The Morgan fingerprint density at radius 3 is 2.83 bits per heavy atom. The molecule has 2 N–H and O–H groups in total. The van der Waals surface area contributed by atoms with Gasteiger partial charge in [-0.2, -0.15) is 5.48 Å². The summed E-state index contributed by atoms with van der Waals surface area (Å²) in [5, 5.41) is 8.43. The van der Waals surface area contributed by atoms with Crippen molar-refractivity contribution in [2.24, 2.45) is 0 Å². The summed E-state index contributed by atoms with van der Waals surface area (Å²) in [4.78, 5) is 37.2. The molecule has 10 nitrogen and oxygen atoms in total. The number of hydrogen-bond acceptors (Lipinski definition) is 7. The lowest BCUT2D eigenvalue weighted by Gasteiger charge is -2.09. The van der Waals surface area contributed by atoms with E-state index in [1.54, 1.807) is 24.3 Å². The van der Waals surface area contributed by atoms with Crippen LogP contribution in [-0.2, 0) is 17.8 Å². The molecule has 3 heterocycles. The van der Waals surface area contributed by atoms with Gasteiger partial charge in [0.05, 0.1) is 11.9 Å². The van der Waals surface area contributed by atoms with Gasteiger partial charge in [0.2, 0.25) is 5.78 Å². The normalized spacial score (nSPS) is 11.4. The first-order chi connectivity index (χ1) is 14.7. The Balaban J connectivity index is 1.51. The Kier molecular flexibility index (Phi) is 5.84. The van der Waals surface area contributed by atoms with Gasteiger partial charge in [-0.05, 0) is 18.6 Å². The average molecular weight is 409 g/mol. The minimum Gasteiger partial charge on any atom is -0.367 e. The van der Waals surface area contributed by atoms with E-state index in [4.69, 9.17) is 4.84 Å². The van der Waals surface area contributed by atoms with Crippen molar-refractivity contribution in [2.75, 3.05) is 6.54 Å². The molecule has 4 rings (SSSR count). The SMILES string of the molecule is CCCCCn1c2nc[nH]c2c(=O)n2c(CCNOC(=O)c3ccccc3)nnc12. The van der Waals surface area contributed by atoms with Crippen LogP contribution in [0.3, 0.4) is 0 Å². The van der Waals surface area contributed by atoms with E-state index in [0.29, 0.717) is 41.3 Å². The van der Waals surface area contributed by atoms with E-state index in [1.165, 1.54) is 10.7 Å². The molecule has 0 amide bonds. The number of aromatic amines is 1. The van der Waals surface area contributed by atoms with Crippen molar-refractivity contribution in [1.82, 2.24) is 34.6 Å². The molecule has 30 heavy (non-hydrogen) atoms. The Hall–Kier alpha value is -3.53. The largest absolute Gasteiger partial charge is 0.367 e. The smallest absolute Gasteiger partial charge is 0.356 e. The van der Waals surface area contributed by atoms with E-state index < -0.39 is 5.97 Å². The van der Waals surface area contributed by atoms with Crippen molar-refractivity contribution >= 4 is 22.9 Å². The molecule has 0 aliphatic heterocycles. The van der Waals surface area contributed by atoms with Crippen molar-refractivity contribution in [2.45, 2.75) is 39.2 Å². The van der Waals surface area contributed by atoms with Crippen LogP contribution in [0.4, 0.5) is 0 Å². The van der Waals surface area contributed by atoms with Crippen LogP contribution in [-0.4, -0.2) is 41.6 Å². The number of unbranched alkanes of at least 4 members (excludes halogenated alkanes) is 2. The van der Waals surface area contributed by atoms with Crippen LogP contribution in [0.15, 0.2) is 41.5 Å². The monoisotopic (exact) mass is 409 g/mol. The molecular weight excluding hydrogens is 386 g/mol. The molecule has 0 saturated carbocycles. The summed E-state index contributed by atoms with van der Waals surface area (Å²) in [6.07, 6.45) is 4.98. The fourth-order valence-corrected chi connectivity index (χ4v) is 3.35. The van der Waals surface area contributed by atoms with Gasteiger partial charge in [-0.3, -0.25) is 9.36 Å².